The summed E-state index contributed by atoms with van der Waals surface area (Å²) >= 11 is 0. The van der Waals surface area contributed by atoms with Crippen LogP contribution in [0.2, 0.25) is 0 Å². The van der Waals surface area contributed by atoms with Crippen LogP contribution >= 0.6 is 0 Å². The lowest BCUT2D eigenvalue weighted by Crippen LogP contribution is -1.94. The van der Waals surface area contributed by atoms with Gasteiger partial charge in [-0.15, -0.1) is 5.10 Å². The van der Waals surface area contributed by atoms with Crippen molar-refractivity contribution in [1.82, 2.24) is 19.6 Å². The van der Waals surface area contributed by atoms with Gasteiger partial charge in [-0.3, -0.25) is 0 Å². The van der Waals surface area contributed by atoms with E-state index in [-0.39, 0.29) is 0 Å². The van der Waals surface area contributed by atoms with E-state index in [0.29, 0.717) is 5.95 Å². The van der Waals surface area contributed by atoms with Crippen molar-refractivity contribution in [3.05, 3.63) is 48.3 Å². The Balaban J connectivity index is 1.99. The number of rotatable bonds is 2. The highest BCUT2D eigenvalue weighted by molar-refractivity contribution is 5.54. The van der Waals surface area contributed by atoms with Crippen LogP contribution in [0.5, 0.6) is 0 Å². The Morgan fingerprint density at radius 2 is 2.12 bits per heavy atom. The smallest absolute Gasteiger partial charge is 0.248 e. The molecule has 3 aromatic rings. The van der Waals surface area contributed by atoms with Gasteiger partial charge in [-0.25, -0.2) is 9.50 Å². The second-order valence-electron chi connectivity index (χ2n) is 3.73. The average molecular weight is 225 g/mol. The molecule has 0 aliphatic rings. The van der Waals surface area contributed by atoms with Crippen LogP contribution in [-0.2, 0) is 0 Å². The fraction of sp³-hybridized carbons (Fsp3) is 0.0833. The van der Waals surface area contributed by atoms with E-state index in [1.165, 1.54) is 0 Å². The van der Waals surface area contributed by atoms with Gasteiger partial charge in [-0.1, -0.05) is 12.1 Å². The van der Waals surface area contributed by atoms with Crippen molar-refractivity contribution in [2.75, 3.05) is 5.32 Å². The zero-order valence-electron chi connectivity index (χ0n) is 9.33. The van der Waals surface area contributed by atoms with Gasteiger partial charge < -0.3 is 5.32 Å². The van der Waals surface area contributed by atoms with Crippen LogP contribution in [0.4, 0.5) is 11.8 Å². The predicted molar refractivity (Wildman–Crippen MR) is 65.2 cm³/mol. The summed E-state index contributed by atoms with van der Waals surface area (Å²) in [6, 6.07) is 9.61. The molecule has 0 unspecified atom stereocenters. The number of nitrogens with one attached hydrogen (secondary N) is 1. The Hall–Kier alpha value is -2.43. The Labute approximate surface area is 98.1 Å². The molecule has 0 fully saturated rings. The van der Waals surface area contributed by atoms with Crippen molar-refractivity contribution in [3.8, 4) is 0 Å². The van der Waals surface area contributed by atoms with Gasteiger partial charge in [-0.2, -0.15) is 4.98 Å². The fourth-order valence-electron chi connectivity index (χ4n) is 1.64. The van der Waals surface area contributed by atoms with Gasteiger partial charge in [0.1, 0.15) is 5.82 Å². The molecular weight excluding hydrogens is 214 g/mol. The maximum absolute atomic E-state index is 4.41. The largest absolute Gasteiger partial charge is 0.307 e. The molecule has 0 saturated carbocycles. The van der Waals surface area contributed by atoms with Gasteiger partial charge in [0, 0.05) is 12.4 Å². The van der Waals surface area contributed by atoms with Crippen molar-refractivity contribution in [3.63, 3.8) is 0 Å². The van der Waals surface area contributed by atoms with E-state index >= 15 is 0 Å². The summed E-state index contributed by atoms with van der Waals surface area (Å²) in [6.45, 7) is 2.01. The maximum Gasteiger partial charge on any atom is 0.248 e. The summed E-state index contributed by atoms with van der Waals surface area (Å²) in [4.78, 5) is 8.57. The highest BCUT2D eigenvalue weighted by atomic mass is 15.3. The first-order chi connectivity index (χ1) is 8.33. The Kier molecular flexibility index (Phi) is 2.22. The van der Waals surface area contributed by atoms with Crippen LogP contribution < -0.4 is 5.32 Å². The Bertz CT molecular complexity index is 644. The summed E-state index contributed by atoms with van der Waals surface area (Å²) in [5.74, 6) is 1.29. The molecule has 5 heteroatoms. The molecular formula is C12H11N5. The molecule has 0 amide bonds. The second kappa shape index (κ2) is 3.86. The number of pyridine rings is 2. The standard InChI is InChI=1S/C12H11N5/c1-9-5-4-8-17-11(9)15-12(16-17)14-10-6-2-3-7-13-10/h2-8H,1H3,(H,13,14,16). The number of nitrogens with zero attached hydrogens (tertiary/aromatic N) is 4. The topological polar surface area (TPSA) is 55.1 Å². The minimum atomic E-state index is 0.554. The third-order valence-electron chi connectivity index (χ3n) is 2.46. The number of hydrogen-bond acceptors (Lipinski definition) is 4. The molecule has 0 spiro atoms. The second-order valence-corrected chi connectivity index (χ2v) is 3.73. The highest BCUT2D eigenvalue weighted by Crippen LogP contribution is 2.13. The van der Waals surface area contributed by atoms with Gasteiger partial charge >= 0.3 is 0 Å². The van der Waals surface area contributed by atoms with E-state index in [1.54, 1.807) is 10.7 Å². The van der Waals surface area contributed by atoms with Crippen molar-refractivity contribution in [2.24, 2.45) is 0 Å². The van der Waals surface area contributed by atoms with Gasteiger partial charge in [0.15, 0.2) is 5.65 Å². The predicted octanol–water partition coefficient (Wildman–Crippen LogP) is 2.18. The van der Waals surface area contributed by atoms with Crippen LogP contribution in [-0.4, -0.2) is 19.6 Å². The van der Waals surface area contributed by atoms with Crippen molar-refractivity contribution in [1.29, 1.82) is 0 Å². The lowest BCUT2D eigenvalue weighted by Gasteiger charge is -1.97. The van der Waals surface area contributed by atoms with E-state index in [4.69, 9.17) is 0 Å². The normalized spacial score (nSPS) is 10.6. The van der Waals surface area contributed by atoms with Crippen LogP contribution in [0.15, 0.2) is 42.7 Å². The quantitative estimate of drug-likeness (QED) is 0.726. The zero-order valence-corrected chi connectivity index (χ0v) is 9.33. The lowest BCUT2D eigenvalue weighted by molar-refractivity contribution is 0.959. The van der Waals surface area contributed by atoms with E-state index in [1.807, 2.05) is 43.5 Å². The van der Waals surface area contributed by atoms with Gasteiger partial charge in [-0.05, 0) is 30.7 Å². The Morgan fingerprint density at radius 3 is 2.88 bits per heavy atom. The van der Waals surface area contributed by atoms with Crippen LogP contribution in [0, 0.1) is 6.92 Å². The van der Waals surface area contributed by atoms with Gasteiger partial charge in [0.25, 0.3) is 0 Å². The molecule has 5 nitrogen and oxygen atoms in total. The molecule has 3 rings (SSSR count). The van der Waals surface area contributed by atoms with Crippen molar-refractivity contribution < 1.29 is 0 Å². The molecule has 17 heavy (non-hydrogen) atoms. The summed E-state index contributed by atoms with van der Waals surface area (Å²) in [6.07, 6.45) is 3.60. The van der Waals surface area contributed by atoms with Crippen molar-refractivity contribution >= 4 is 17.4 Å². The number of anilines is 2. The molecule has 3 aromatic heterocycles. The fourth-order valence-corrected chi connectivity index (χ4v) is 1.64. The first-order valence-corrected chi connectivity index (χ1v) is 5.33. The number of fused-ring (bicyclic) bond motifs is 1. The molecule has 0 atom stereocenters. The molecule has 0 aromatic carbocycles. The third kappa shape index (κ3) is 1.82. The molecule has 0 bridgehead atoms. The molecule has 1 N–H and O–H groups in total. The van der Waals surface area contributed by atoms with E-state index < -0.39 is 0 Å². The number of aryl methyl sites for hydroxylation is 1. The third-order valence-corrected chi connectivity index (χ3v) is 2.46. The first kappa shape index (κ1) is 9.77. The molecule has 0 aliphatic carbocycles. The van der Waals surface area contributed by atoms with E-state index in [0.717, 1.165) is 17.0 Å². The van der Waals surface area contributed by atoms with Gasteiger partial charge in [0.05, 0.1) is 0 Å². The molecule has 84 valence electrons. The van der Waals surface area contributed by atoms with Crippen molar-refractivity contribution in [2.45, 2.75) is 6.92 Å². The summed E-state index contributed by atoms with van der Waals surface area (Å²) in [5.41, 5.74) is 1.94. The van der Waals surface area contributed by atoms with E-state index in [9.17, 15) is 0 Å². The number of aromatic nitrogens is 4. The lowest BCUT2D eigenvalue weighted by atomic mass is 10.3. The maximum atomic E-state index is 4.41. The first-order valence-electron chi connectivity index (χ1n) is 5.33. The SMILES string of the molecule is Cc1cccn2nc(Nc3ccccn3)nc12. The number of hydrogen-bond donors (Lipinski definition) is 1. The molecule has 0 aliphatic heterocycles. The monoisotopic (exact) mass is 225 g/mol. The Morgan fingerprint density at radius 1 is 1.18 bits per heavy atom. The zero-order chi connectivity index (χ0) is 11.7. The van der Waals surface area contributed by atoms with E-state index in [2.05, 4.69) is 20.4 Å². The summed E-state index contributed by atoms with van der Waals surface area (Å²) in [5, 5.41) is 7.39. The minimum absolute atomic E-state index is 0.554. The summed E-state index contributed by atoms with van der Waals surface area (Å²) < 4.78 is 1.75. The highest BCUT2D eigenvalue weighted by Gasteiger charge is 2.05. The van der Waals surface area contributed by atoms with Gasteiger partial charge in [0.2, 0.25) is 5.95 Å². The van der Waals surface area contributed by atoms with Crippen LogP contribution in [0.3, 0.4) is 0 Å². The summed E-state index contributed by atoms with van der Waals surface area (Å²) in [7, 11) is 0. The average Bonchev–Trinajstić information content (AvgIpc) is 2.74. The van der Waals surface area contributed by atoms with Crippen LogP contribution in [0.25, 0.3) is 5.65 Å². The molecule has 0 saturated heterocycles. The molecule has 3 heterocycles. The molecule has 0 radical (unpaired) electrons. The van der Waals surface area contributed by atoms with Crippen LogP contribution in [0.1, 0.15) is 5.56 Å². The minimum Gasteiger partial charge on any atom is -0.307 e.